The van der Waals surface area contributed by atoms with Crippen molar-refractivity contribution in [2.45, 2.75) is 60.0 Å². The van der Waals surface area contributed by atoms with E-state index in [0.717, 1.165) is 18.4 Å². The molecule has 1 aromatic rings. The largest absolute Gasteiger partial charge is 0.504 e. The monoisotopic (exact) mass is 250 g/mol. The van der Waals surface area contributed by atoms with E-state index in [1.807, 2.05) is 6.07 Å². The predicted molar refractivity (Wildman–Crippen MR) is 76.4 cm³/mol. The lowest BCUT2D eigenvalue weighted by Gasteiger charge is -2.32. The first kappa shape index (κ1) is 14.9. The third-order valence-corrected chi connectivity index (χ3v) is 3.83. The Morgan fingerprint density at radius 1 is 1.17 bits per heavy atom. The molecule has 0 saturated carbocycles. The lowest BCUT2D eigenvalue weighted by molar-refractivity contribution is 0.0559. The van der Waals surface area contributed by atoms with Crippen LogP contribution >= 0.6 is 0 Å². The Balaban J connectivity index is 3.22. The molecule has 0 heterocycles. The zero-order valence-corrected chi connectivity index (χ0v) is 12.5. The summed E-state index contributed by atoms with van der Waals surface area (Å²) in [5, 5.41) is 10.1. The van der Waals surface area contributed by atoms with E-state index in [1.165, 1.54) is 5.56 Å². The van der Waals surface area contributed by atoms with E-state index in [-0.39, 0.29) is 11.4 Å². The zero-order valence-electron chi connectivity index (χ0n) is 12.5. The van der Waals surface area contributed by atoms with E-state index in [0.29, 0.717) is 11.7 Å². The van der Waals surface area contributed by atoms with Crippen LogP contribution in [0.5, 0.6) is 11.5 Å². The van der Waals surface area contributed by atoms with E-state index < -0.39 is 0 Å². The first-order valence-electron chi connectivity index (χ1n) is 6.86. The van der Waals surface area contributed by atoms with Crippen LogP contribution in [0.15, 0.2) is 12.1 Å². The molecule has 0 unspecified atom stereocenters. The van der Waals surface area contributed by atoms with Crippen LogP contribution in [0.3, 0.4) is 0 Å². The molecular formula is C16H26O2. The van der Waals surface area contributed by atoms with Crippen molar-refractivity contribution < 1.29 is 9.84 Å². The van der Waals surface area contributed by atoms with Crippen molar-refractivity contribution >= 4 is 0 Å². The first-order chi connectivity index (χ1) is 8.33. The molecule has 18 heavy (non-hydrogen) atoms. The maximum Gasteiger partial charge on any atom is 0.165 e. The van der Waals surface area contributed by atoms with Crippen LogP contribution in [0.1, 0.15) is 52.7 Å². The lowest BCUT2D eigenvalue weighted by atomic mass is 9.94. The molecule has 0 radical (unpaired) electrons. The minimum Gasteiger partial charge on any atom is -0.504 e. The van der Waals surface area contributed by atoms with Gasteiger partial charge in [-0.25, -0.2) is 0 Å². The summed E-state index contributed by atoms with van der Waals surface area (Å²) in [6.45, 7) is 12.6. The van der Waals surface area contributed by atoms with Crippen molar-refractivity contribution in [1.82, 2.24) is 0 Å². The summed E-state index contributed by atoms with van der Waals surface area (Å²) < 4.78 is 6.11. The number of benzene rings is 1. The van der Waals surface area contributed by atoms with Crippen LogP contribution in [0.2, 0.25) is 0 Å². The van der Waals surface area contributed by atoms with Gasteiger partial charge in [0.25, 0.3) is 0 Å². The molecule has 0 saturated heterocycles. The van der Waals surface area contributed by atoms with Crippen LogP contribution in [0.25, 0.3) is 0 Å². The Labute approximate surface area is 111 Å². The summed E-state index contributed by atoms with van der Waals surface area (Å²) >= 11 is 0. The topological polar surface area (TPSA) is 29.5 Å². The molecule has 0 aromatic heterocycles. The SMILES string of the molecule is CCc1ccc(O)c(OC(C)(C)C(C)C)c1CC. The molecule has 1 aromatic carbocycles. The molecule has 0 amide bonds. The molecule has 2 nitrogen and oxygen atoms in total. The smallest absolute Gasteiger partial charge is 0.165 e. The summed E-state index contributed by atoms with van der Waals surface area (Å²) in [6, 6.07) is 3.73. The van der Waals surface area contributed by atoms with Gasteiger partial charge in [0.2, 0.25) is 0 Å². The Kier molecular flexibility index (Phi) is 4.66. The molecule has 0 aliphatic heterocycles. The molecule has 1 N–H and O–H groups in total. The second-order valence-corrected chi connectivity index (χ2v) is 5.62. The predicted octanol–water partition coefficient (Wildman–Crippen LogP) is 4.33. The van der Waals surface area contributed by atoms with E-state index in [9.17, 15) is 5.11 Å². The van der Waals surface area contributed by atoms with Gasteiger partial charge in [-0.15, -0.1) is 0 Å². The standard InChI is InChI=1S/C16H26O2/c1-7-12-9-10-14(17)15(13(12)8-2)18-16(5,6)11(3)4/h9-11,17H,7-8H2,1-6H3. The molecule has 0 aliphatic carbocycles. The lowest BCUT2D eigenvalue weighted by Crippen LogP contribution is -2.34. The molecule has 0 aliphatic rings. The zero-order chi connectivity index (χ0) is 13.9. The highest BCUT2D eigenvalue weighted by Crippen LogP contribution is 2.37. The maximum atomic E-state index is 10.1. The van der Waals surface area contributed by atoms with E-state index in [2.05, 4.69) is 41.5 Å². The number of hydrogen-bond acceptors (Lipinski definition) is 2. The summed E-state index contributed by atoms with van der Waals surface area (Å²) in [5.74, 6) is 1.29. The number of phenols is 1. The third kappa shape index (κ3) is 2.98. The third-order valence-electron chi connectivity index (χ3n) is 3.83. The molecule has 0 atom stereocenters. The van der Waals surface area contributed by atoms with Crippen LogP contribution in [-0.2, 0) is 12.8 Å². The van der Waals surface area contributed by atoms with E-state index in [4.69, 9.17) is 4.74 Å². The van der Waals surface area contributed by atoms with Crippen molar-refractivity contribution in [3.63, 3.8) is 0 Å². The highest BCUT2D eigenvalue weighted by molar-refractivity contribution is 5.50. The van der Waals surface area contributed by atoms with Crippen LogP contribution in [-0.4, -0.2) is 10.7 Å². The minimum atomic E-state index is -0.284. The van der Waals surface area contributed by atoms with Gasteiger partial charge in [0, 0.05) is 5.56 Å². The highest BCUT2D eigenvalue weighted by atomic mass is 16.5. The first-order valence-corrected chi connectivity index (χ1v) is 6.86. The van der Waals surface area contributed by atoms with E-state index >= 15 is 0 Å². The van der Waals surface area contributed by atoms with Gasteiger partial charge in [-0.05, 0) is 44.2 Å². The molecule has 0 bridgehead atoms. The number of aromatic hydroxyl groups is 1. The Morgan fingerprint density at radius 3 is 2.22 bits per heavy atom. The van der Waals surface area contributed by atoms with Gasteiger partial charge >= 0.3 is 0 Å². The van der Waals surface area contributed by atoms with Crippen LogP contribution in [0.4, 0.5) is 0 Å². The average molecular weight is 250 g/mol. The molecule has 2 heteroatoms. The van der Waals surface area contributed by atoms with Gasteiger partial charge in [-0.3, -0.25) is 0 Å². The van der Waals surface area contributed by atoms with E-state index in [1.54, 1.807) is 6.07 Å². The second-order valence-electron chi connectivity index (χ2n) is 5.62. The number of aryl methyl sites for hydroxylation is 1. The number of phenolic OH excluding ortho intramolecular Hbond substituents is 1. The minimum absolute atomic E-state index is 0.248. The fourth-order valence-electron chi connectivity index (χ4n) is 1.87. The molecule has 1 rings (SSSR count). The second kappa shape index (κ2) is 5.64. The quantitative estimate of drug-likeness (QED) is 0.842. The van der Waals surface area contributed by atoms with Gasteiger partial charge in [0.15, 0.2) is 11.5 Å². The normalized spacial score (nSPS) is 11.9. The molecular weight excluding hydrogens is 224 g/mol. The van der Waals surface area contributed by atoms with Crippen LogP contribution < -0.4 is 4.74 Å². The summed E-state index contributed by atoms with van der Waals surface area (Å²) in [5.41, 5.74) is 2.10. The van der Waals surface area contributed by atoms with Crippen molar-refractivity contribution in [1.29, 1.82) is 0 Å². The Bertz CT molecular complexity index is 406. The number of rotatable bonds is 5. The van der Waals surface area contributed by atoms with Gasteiger partial charge in [-0.2, -0.15) is 0 Å². The summed E-state index contributed by atoms with van der Waals surface area (Å²) in [7, 11) is 0. The fraction of sp³-hybridized carbons (Fsp3) is 0.625. The van der Waals surface area contributed by atoms with Crippen molar-refractivity contribution in [2.24, 2.45) is 5.92 Å². The van der Waals surface area contributed by atoms with Crippen molar-refractivity contribution in [2.75, 3.05) is 0 Å². The molecule has 0 spiro atoms. The highest BCUT2D eigenvalue weighted by Gasteiger charge is 2.27. The van der Waals surface area contributed by atoms with Crippen molar-refractivity contribution in [3.8, 4) is 11.5 Å². The van der Waals surface area contributed by atoms with Crippen molar-refractivity contribution in [3.05, 3.63) is 23.3 Å². The summed E-state index contributed by atoms with van der Waals surface area (Å²) in [6.07, 6.45) is 1.84. The van der Waals surface area contributed by atoms with Gasteiger partial charge in [0.1, 0.15) is 5.60 Å². The number of hydrogen-bond donors (Lipinski definition) is 1. The average Bonchev–Trinajstić information content (AvgIpc) is 2.31. The van der Waals surface area contributed by atoms with Crippen LogP contribution in [0, 0.1) is 5.92 Å². The summed E-state index contributed by atoms with van der Waals surface area (Å²) in [4.78, 5) is 0. The molecule has 102 valence electrons. The Morgan fingerprint density at radius 2 is 1.78 bits per heavy atom. The van der Waals surface area contributed by atoms with Gasteiger partial charge < -0.3 is 9.84 Å². The molecule has 0 fully saturated rings. The van der Waals surface area contributed by atoms with Gasteiger partial charge in [0.05, 0.1) is 0 Å². The number of ether oxygens (including phenoxy) is 1. The maximum absolute atomic E-state index is 10.1. The Hall–Kier alpha value is -1.18. The fourth-order valence-corrected chi connectivity index (χ4v) is 1.87. The van der Waals surface area contributed by atoms with Gasteiger partial charge in [-0.1, -0.05) is 33.8 Å².